The largest absolute Gasteiger partial charge is 0.460 e. The molecular formula is C24H38O5. The van der Waals surface area contributed by atoms with E-state index < -0.39 is 11.6 Å². The summed E-state index contributed by atoms with van der Waals surface area (Å²) in [5.41, 5.74) is 0.116. The molecule has 0 heterocycles. The Hall–Kier alpha value is -1.72. The number of rotatable bonds is 15. The van der Waals surface area contributed by atoms with Crippen molar-refractivity contribution < 1.29 is 23.8 Å². The number of carbonyl (C=O) groups excluding carboxylic acids is 2. The quantitative estimate of drug-likeness (QED) is 0.215. The van der Waals surface area contributed by atoms with Crippen LogP contribution in [0.3, 0.4) is 0 Å². The van der Waals surface area contributed by atoms with E-state index in [1.54, 1.807) is 24.3 Å². The monoisotopic (exact) mass is 406 g/mol. The van der Waals surface area contributed by atoms with Crippen molar-refractivity contribution >= 4 is 11.8 Å². The SMILES string of the molecule is CCCCCCOC(C)(CC)C(=O)c1ccc(C(=O)OCCOC(C)CC)cc1. The van der Waals surface area contributed by atoms with Gasteiger partial charge in [-0.1, -0.05) is 52.2 Å². The smallest absolute Gasteiger partial charge is 0.338 e. The van der Waals surface area contributed by atoms with E-state index in [9.17, 15) is 9.59 Å². The molecule has 0 amide bonds. The Morgan fingerprint density at radius 3 is 2.17 bits per heavy atom. The first-order valence-corrected chi connectivity index (χ1v) is 11.0. The fraction of sp³-hybridized carbons (Fsp3) is 0.667. The highest BCUT2D eigenvalue weighted by Crippen LogP contribution is 2.23. The molecule has 0 spiro atoms. The molecule has 0 aliphatic carbocycles. The molecule has 0 aliphatic heterocycles. The lowest BCUT2D eigenvalue weighted by atomic mass is 9.91. The van der Waals surface area contributed by atoms with Gasteiger partial charge < -0.3 is 14.2 Å². The molecule has 5 heteroatoms. The zero-order chi connectivity index (χ0) is 21.7. The van der Waals surface area contributed by atoms with Crippen molar-refractivity contribution in [3.8, 4) is 0 Å². The van der Waals surface area contributed by atoms with Crippen LogP contribution in [0.4, 0.5) is 0 Å². The molecule has 0 aromatic heterocycles. The number of Topliss-reactive ketones (excluding diaryl/α,β-unsaturated/α-hetero) is 1. The minimum Gasteiger partial charge on any atom is -0.460 e. The van der Waals surface area contributed by atoms with Crippen LogP contribution in [0, 0.1) is 0 Å². The van der Waals surface area contributed by atoms with E-state index in [4.69, 9.17) is 14.2 Å². The summed E-state index contributed by atoms with van der Waals surface area (Å²) in [7, 11) is 0. The Labute approximate surface area is 176 Å². The highest BCUT2D eigenvalue weighted by atomic mass is 16.6. The first-order chi connectivity index (χ1) is 13.9. The maximum Gasteiger partial charge on any atom is 0.338 e. The molecule has 1 aromatic carbocycles. The van der Waals surface area contributed by atoms with Crippen LogP contribution in [0.1, 0.15) is 93.9 Å². The predicted molar refractivity (Wildman–Crippen MR) is 116 cm³/mol. The molecule has 164 valence electrons. The number of unbranched alkanes of at least 4 members (excludes halogenated alkanes) is 3. The van der Waals surface area contributed by atoms with Gasteiger partial charge in [0.1, 0.15) is 12.2 Å². The Balaban J connectivity index is 2.59. The number of carbonyl (C=O) groups is 2. The molecule has 0 radical (unpaired) electrons. The van der Waals surface area contributed by atoms with Gasteiger partial charge in [-0.25, -0.2) is 4.79 Å². The summed E-state index contributed by atoms with van der Waals surface area (Å²) in [5.74, 6) is -0.473. The van der Waals surface area contributed by atoms with Crippen molar-refractivity contribution in [2.75, 3.05) is 19.8 Å². The molecule has 29 heavy (non-hydrogen) atoms. The van der Waals surface area contributed by atoms with Crippen LogP contribution < -0.4 is 0 Å². The summed E-state index contributed by atoms with van der Waals surface area (Å²) in [6.45, 7) is 11.2. The highest BCUT2D eigenvalue weighted by molar-refractivity contribution is 6.03. The van der Waals surface area contributed by atoms with Crippen molar-refractivity contribution in [2.24, 2.45) is 0 Å². The topological polar surface area (TPSA) is 61.8 Å². The van der Waals surface area contributed by atoms with E-state index in [0.717, 1.165) is 19.3 Å². The van der Waals surface area contributed by atoms with E-state index in [0.29, 0.717) is 30.8 Å². The molecule has 0 bridgehead atoms. The van der Waals surface area contributed by atoms with Crippen molar-refractivity contribution in [2.45, 2.75) is 84.8 Å². The number of ether oxygens (including phenoxy) is 3. The molecule has 2 unspecified atom stereocenters. The van der Waals surface area contributed by atoms with Gasteiger partial charge >= 0.3 is 5.97 Å². The Bertz CT molecular complexity index is 610. The van der Waals surface area contributed by atoms with Crippen LogP contribution >= 0.6 is 0 Å². The number of benzene rings is 1. The summed E-state index contributed by atoms with van der Waals surface area (Å²) in [6, 6.07) is 6.59. The molecule has 0 N–H and O–H groups in total. The maximum absolute atomic E-state index is 12.9. The zero-order valence-electron chi connectivity index (χ0n) is 18.8. The zero-order valence-corrected chi connectivity index (χ0v) is 18.8. The van der Waals surface area contributed by atoms with Crippen LogP contribution in [-0.4, -0.2) is 43.3 Å². The molecule has 0 saturated heterocycles. The third kappa shape index (κ3) is 8.67. The predicted octanol–water partition coefficient (Wildman–Crippen LogP) is 5.61. The summed E-state index contributed by atoms with van der Waals surface area (Å²) in [6.07, 6.45) is 6.10. The van der Waals surface area contributed by atoms with E-state index in [1.165, 1.54) is 12.8 Å². The molecule has 0 aliphatic rings. The minimum absolute atomic E-state index is 0.0580. The maximum atomic E-state index is 12.9. The summed E-state index contributed by atoms with van der Waals surface area (Å²) < 4.78 is 16.7. The average molecular weight is 407 g/mol. The van der Waals surface area contributed by atoms with E-state index >= 15 is 0 Å². The van der Waals surface area contributed by atoms with Crippen LogP contribution in [-0.2, 0) is 14.2 Å². The van der Waals surface area contributed by atoms with Gasteiger partial charge in [-0.2, -0.15) is 0 Å². The second-order valence-corrected chi connectivity index (χ2v) is 7.63. The second kappa shape index (κ2) is 13.5. The molecule has 5 nitrogen and oxygen atoms in total. The van der Waals surface area contributed by atoms with Gasteiger partial charge in [0.05, 0.1) is 18.3 Å². The third-order valence-electron chi connectivity index (χ3n) is 5.25. The molecule has 2 atom stereocenters. The Morgan fingerprint density at radius 2 is 1.59 bits per heavy atom. The van der Waals surface area contributed by atoms with Crippen LogP contribution in [0.15, 0.2) is 24.3 Å². The average Bonchev–Trinajstić information content (AvgIpc) is 2.75. The van der Waals surface area contributed by atoms with Gasteiger partial charge in [-0.3, -0.25) is 4.79 Å². The van der Waals surface area contributed by atoms with Gasteiger partial charge in [0.2, 0.25) is 0 Å². The first-order valence-electron chi connectivity index (χ1n) is 11.0. The number of hydrogen-bond acceptors (Lipinski definition) is 5. The summed E-state index contributed by atoms with van der Waals surface area (Å²) in [4.78, 5) is 25.1. The third-order valence-corrected chi connectivity index (χ3v) is 5.25. The van der Waals surface area contributed by atoms with E-state index in [2.05, 4.69) is 6.92 Å². The van der Waals surface area contributed by atoms with E-state index in [-0.39, 0.29) is 18.5 Å². The lowest BCUT2D eigenvalue weighted by Crippen LogP contribution is -2.38. The van der Waals surface area contributed by atoms with Crippen molar-refractivity contribution in [3.05, 3.63) is 35.4 Å². The lowest BCUT2D eigenvalue weighted by Gasteiger charge is -2.27. The molecule has 1 aromatic rings. The Morgan fingerprint density at radius 1 is 0.931 bits per heavy atom. The molecule has 1 rings (SSSR count). The van der Waals surface area contributed by atoms with Crippen molar-refractivity contribution in [1.29, 1.82) is 0 Å². The summed E-state index contributed by atoms with van der Waals surface area (Å²) >= 11 is 0. The fourth-order valence-electron chi connectivity index (χ4n) is 2.80. The number of hydrogen-bond donors (Lipinski definition) is 0. The highest BCUT2D eigenvalue weighted by Gasteiger charge is 2.33. The van der Waals surface area contributed by atoms with Gasteiger partial charge in [-0.05, 0) is 45.2 Å². The summed E-state index contributed by atoms with van der Waals surface area (Å²) in [5, 5.41) is 0. The standard InChI is InChI=1S/C24H38O5/c1-6-9-10-11-16-29-24(5,8-3)22(25)20-12-14-21(15-13-20)23(26)28-18-17-27-19(4)7-2/h12-15,19H,6-11,16-18H2,1-5H3. The molecular weight excluding hydrogens is 368 g/mol. The Kier molecular flexibility index (Phi) is 11.8. The van der Waals surface area contributed by atoms with Crippen molar-refractivity contribution in [3.63, 3.8) is 0 Å². The first kappa shape index (κ1) is 25.3. The molecule has 0 fully saturated rings. The normalized spacial score (nSPS) is 14.2. The van der Waals surface area contributed by atoms with Gasteiger partial charge in [0.15, 0.2) is 5.78 Å². The number of esters is 1. The van der Waals surface area contributed by atoms with Gasteiger partial charge in [0.25, 0.3) is 0 Å². The fourth-order valence-corrected chi connectivity index (χ4v) is 2.80. The van der Waals surface area contributed by atoms with E-state index in [1.807, 2.05) is 27.7 Å². The second-order valence-electron chi connectivity index (χ2n) is 7.63. The van der Waals surface area contributed by atoms with Gasteiger partial charge in [0, 0.05) is 12.2 Å². The van der Waals surface area contributed by atoms with Crippen LogP contribution in [0.25, 0.3) is 0 Å². The minimum atomic E-state index is -0.846. The lowest BCUT2D eigenvalue weighted by molar-refractivity contribution is -0.0186. The molecule has 0 saturated carbocycles. The number of ketones is 1. The van der Waals surface area contributed by atoms with Gasteiger partial charge in [-0.15, -0.1) is 0 Å². The van der Waals surface area contributed by atoms with Crippen molar-refractivity contribution in [1.82, 2.24) is 0 Å². The van der Waals surface area contributed by atoms with Crippen LogP contribution in [0.2, 0.25) is 0 Å². The van der Waals surface area contributed by atoms with Crippen LogP contribution in [0.5, 0.6) is 0 Å².